The smallest absolute Gasteiger partial charge is 0.282 e. The number of sulfonamides is 1. The van der Waals surface area contributed by atoms with Gasteiger partial charge >= 0.3 is 0 Å². The second-order valence-electron chi connectivity index (χ2n) is 8.18. The molecule has 3 rings (SSSR count). The Bertz CT molecular complexity index is 809. The van der Waals surface area contributed by atoms with Crippen molar-refractivity contribution in [2.75, 3.05) is 31.5 Å². The number of halogens is 1. The Balaban J connectivity index is 1.75. The summed E-state index contributed by atoms with van der Waals surface area (Å²) in [7, 11) is -3.57. The van der Waals surface area contributed by atoms with Crippen LogP contribution in [0.15, 0.2) is 23.1 Å². The highest BCUT2D eigenvalue weighted by Crippen LogP contribution is 2.28. The Hall–Kier alpha value is -1.15. The van der Waals surface area contributed by atoms with Gasteiger partial charge < -0.3 is 10.2 Å². The maximum Gasteiger partial charge on any atom is 0.282 e. The number of hydrogen-bond acceptors (Lipinski definition) is 3. The largest absolute Gasteiger partial charge is 0.325 e. The van der Waals surface area contributed by atoms with E-state index in [9.17, 15) is 13.2 Å². The number of likely N-dealkylation sites (tertiary alicyclic amines) is 1. The lowest BCUT2D eigenvalue weighted by Crippen LogP contribution is -3.17. The van der Waals surface area contributed by atoms with Gasteiger partial charge in [-0.05, 0) is 50.8 Å². The van der Waals surface area contributed by atoms with Crippen molar-refractivity contribution < 1.29 is 18.1 Å². The van der Waals surface area contributed by atoms with Crippen LogP contribution in [0.5, 0.6) is 0 Å². The highest BCUT2D eigenvalue weighted by Gasteiger charge is 2.30. The summed E-state index contributed by atoms with van der Waals surface area (Å²) in [5.74, 6) is 0.485. The van der Waals surface area contributed by atoms with Crippen LogP contribution in [-0.4, -0.2) is 50.9 Å². The molecule has 0 aromatic heterocycles. The second-order valence-corrected chi connectivity index (χ2v) is 10.5. The van der Waals surface area contributed by atoms with Crippen LogP contribution in [0, 0.1) is 5.92 Å². The first kappa shape index (κ1) is 21.6. The van der Waals surface area contributed by atoms with Gasteiger partial charge in [0.1, 0.15) is 0 Å². The number of nitrogens with zero attached hydrogens (tertiary/aromatic N) is 1. The standard InChI is InChI=1S/C20H30ClN3O3S/c1-15-7-6-10-23(14-15)16(2)20(25)22-19-13-17(8-9-18(19)21)28(26,27)24-11-4-3-5-12-24/h8-9,13,15-16H,3-7,10-12,14H2,1-2H3,(H,22,25)/p+1/t15-,16-/m0/s1. The van der Waals surface area contributed by atoms with E-state index in [1.54, 1.807) is 6.07 Å². The van der Waals surface area contributed by atoms with Crippen LogP contribution >= 0.6 is 11.6 Å². The number of carbonyl (C=O) groups is 1. The van der Waals surface area contributed by atoms with Crippen LogP contribution in [0.4, 0.5) is 5.69 Å². The molecule has 0 aliphatic carbocycles. The number of carbonyl (C=O) groups excluding carboxylic acids is 1. The molecule has 2 heterocycles. The van der Waals surface area contributed by atoms with E-state index >= 15 is 0 Å². The van der Waals surface area contributed by atoms with Crippen molar-refractivity contribution in [1.29, 1.82) is 0 Å². The quantitative estimate of drug-likeness (QED) is 0.754. The van der Waals surface area contributed by atoms with Gasteiger partial charge in [-0.3, -0.25) is 4.79 Å². The molecule has 1 unspecified atom stereocenters. The zero-order valence-corrected chi connectivity index (χ0v) is 18.3. The number of anilines is 1. The molecule has 0 bridgehead atoms. The average molecular weight is 429 g/mol. The zero-order valence-electron chi connectivity index (χ0n) is 16.7. The van der Waals surface area contributed by atoms with Gasteiger partial charge in [0.05, 0.1) is 28.7 Å². The summed E-state index contributed by atoms with van der Waals surface area (Å²) < 4.78 is 27.4. The third kappa shape index (κ3) is 4.87. The summed E-state index contributed by atoms with van der Waals surface area (Å²) in [4.78, 5) is 14.2. The Morgan fingerprint density at radius 1 is 1.25 bits per heavy atom. The predicted octanol–water partition coefficient (Wildman–Crippen LogP) is 2.16. The Labute approximate surface area is 173 Å². The molecule has 2 saturated heterocycles. The fourth-order valence-corrected chi connectivity index (χ4v) is 5.87. The highest BCUT2D eigenvalue weighted by molar-refractivity contribution is 7.89. The van der Waals surface area contributed by atoms with Crippen molar-refractivity contribution >= 4 is 33.2 Å². The lowest BCUT2D eigenvalue weighted by atomic mass is 9.99. The molecule has 156 valence electrons. The molecular weight excluding hydrogens is 398 g/mol. The number of rotatable bonds is 5. The summed E-state index contributed by atoms with van der Waals surface area (Å²) in [5, 5.41) is 3.21. The van der Waals surface area contributed by atoms with Gasteiger partial charge in [-0.1, -0.05) is 24.9 Å². The average Bonchev–Trinajstić information content (AvgIpc) is 2.69. The topological polar surface area (TPSA) is 70.9 Å². The molecule has 2 N–H and O–H groups in total. The number of benzene rings is 1. The maximum absolute atomic E-state index is 12.9. The van der Waals surface area contributed by atoms with Crippen molar-refractivity contribution in [1.82, 2.24) is 4.31 Å². The van der Waals surface area contributed by atoms with Gasteiger partial charge in [-0.25, -0.2) is 8.42 Å². The maximum atomic E-state index is 12.9. The van der Waals surface area contributed by atoms with Crippen molar-refractivity contribution in [3.63, 3.8) is 0 Å². The molecule has 6 nitrogen and oxygen atoms in total. The molecule has 2 aliphatic rings. The van der Waals surface area contributed by atoms with E-state index in [0.717, 1.165) is 38.8 Å². The fraction of sp³-hybridized carbons (Fsp3) is 0.650. The Kier molecular flexibility index (Phi) is 7.02. The van der Waals surface area contributed by atoms with E-state index in [0.29, 0.717) is 29.7 Å². The van der Waals surface area contributed by atoms with Crippen LogP contribution in [-0.2, 0) is 14.8 Å². The summed E-state index contributed by atoms with van der Waals surface area (Å²) in [6.07, 6.45) is 5.15. The number of nitrogens with one attached hydrogen (secondary N) is 2. The van der Waals surface area contributed by atoms with Crippen LogP contribution < -0.4 is 10.2 Å². The fourth-order valence-electron chi connectivity index (χ4n) is 4.16. The van der Waals surface area contributed by atoms with Crippen molar-refractivity contribution in [2.45, 2.75) is 56.9 Å². The predicted molar refractivity (Wildman–Crippen MR) is 111 cm³/mol. The number of hydrogen-bond donors (Lipinski definition) is 2. The first-order valence-electron chi connectivity index (χ1n) is 10.2. The number of amides is 1. The van der Waals surface area contributed by atoms with Gasteiger partial charge in [0, 0.05) is 19.0 Å². The summed E-state index contributed by atoms with van der Waals surface area (Å²) in [6, 6.07) is 4.35. The minimum Gasteiger partial charge on any atom is -0.325 e. The second kappa shape index (κ2) is 9.11. The van der Waals surface area contributed by atoms with Gasteiger partial charge in [-0.15, -0.1) is 0 Å². The normalized spacial score (nSPS) is 25.2. The van der Waals surface area contributed by atoms with E-state index in [2.05, 4.69) is 12.2 Å². The van der Waals surface area contributed by atoms with E-state index in [4.69, 9.17) is 11.6 Å². The summed E-state index contributed by atoms with van der Waals surface area (Å²) in [6.45, 7) is 7.18. The molecule has 3 atom stereocenters. The third-order valence-corrected chi connectivity index (χ3v) is 8.18. The summed E-state index contributed by atoms with van der Waals surface area (Å²) in [5.41, 5.74) is 0.362. The van der Waals surface area contributed by atoms with Crippen molar-refractivity contribution in [3.8, 4) is 0 Å². The van der Waals surface area contributed by atoms with Crippen LogP contribution in [0.1, 0.15) is 46.0 Å². The zero-order chi connectivity index (χ0) is 20.3. The molecule has 1 aromatic carbocycles. The van der Waals surface area contributed by atoms with Crippen molar-refractivity contribution in [2.24, 2.45) is 5.92 Å². The van der Waals surface area contributed by atoms with Crippen LogP contribution in [0.3, 0.4) is 0 Å². The van der Waals surface area contributed by atoms with E-state index in [1.165, 1.54) is 27.8 Å². The minimum absolute atomic E-state index is 0.126. The van der Waals surface area contributed by atoms with Crippen LogP contribution in [0.25, 0.3) is 0 Å². The molecule has 1 amide bonds. The number of piperidine rings is 2. The highest BCUT2D eigenvalue weighted by atomic mass is 35.5. The monoisotopic (exact) mass is 428 g/mol. The molecule has 0 radical (unpaired) electrons. The molecule has 2 aliphatic heterocycles. The molecule has 0 spiro atoms. The SMILES string of the molecule is C[C@H]1CCC[NH+]([C@@H](C)C(=O)Nc2cc(S(=O)(=O)N3CCCCC3)ccc2Cl)C1. The van der Waals surface area contributed by atoms with Crippen molar-refractivity contribution in [3.05, 3.63) is 23.2 Å². The third-order valence-electron chi connectivity index (χ3n) is 5.96. The summed E-state index contributed by atoms with van der Waals surface area (Å²) >= 11 is 6.26. The minimum atomic E-state index is -3.57. The first-order valence-corrected chi connectivity index (χ1v) is 12.1. The Morgan fingerprint density at radius 3 is 2.64 bits per heavy atom. The molecule has 2 fully saturated rings. The van der Waals surface area contributed by atoms with Gasteiger partial charge in [-0.2, -0.15) is 4.31 Å². The van der Waals surface area contributed by atoms with E-state index in [1.807, 2.05) is 6.92 Å². The molecule has 1 aromatic rings. The van der Waals surface area contributed by atoms with Crippen LogP contribution in [0.2, 0.25) is 5.02 Å². The van der Waals surface area contributed by atoms with E-state index < -0.39 is 10.0 Å². The molecule has 8 heteroatoms. The lowest BCUT2D eigenvalue weighted by Gasteiger charge is -2.31. The lowest BCUT2D eigenvalue weighted by molar-refractivity contribution is -0.922. The molecular formula is C20H31ClN3O3S+. The Morgan fingerprint density at radius 2 is 1.96 bits per heavy atom. The number of quaternary nitrogens is 1. The molecule has 28 heavy (non-hydrogen) atoms. The molecule has 0 saturated carbocycles. The first-order chi connectivity index (χ1) is 13.3. The van der Waals surface area contributed by atoms with Gasteiger partial charge in [0.15, 0.2) is 6.04 Å². The van der Waals surface area contributed by atoms with E-state index in [-0.39, 0.29) is 16.8 Å². The van der Waals surface area contributed by atoms with Gasteiger partial charge in [0.2, 0.25) is 10.0 Å². The van der Waals surface area contributed by atoms with Gasteiger partial charge in [0.25, 0.3) is 5.91 Å².